The Bertz CT molecular complexity index is 321. The van der Waals surface area contributed by atoms with Crippen molar-refractivity contribution in [3.05, 3.63) is 29.8 Å². The Hall–Kier alpha value is -1.51. The Morgan fingerprint density at radius 1 is 1.57 bits per heavy atom. The third kappa shape index (κ3) is 1.58. The Labute approximate surface area is 82.6 Å². The summed E-state index contributed by atoms with van der Waals surface area (Å²) in [7, 11) is 0. The molecule has 3 nitrogen and oxygen atoms in total. The lowest BCUT2D eigenvalue weighted by atomic mass is 10.1. The molecule has 14 heavy (non-hydrogen) atoms. The highest BCUT2D eigenvalue weighted by molar-refractivity contribution is 5.76. The van der Waals surface area contributed by atoms with E-state index < -0.39 is 6.10 Å². The zero-order valence-corrected chi connectivity index (χ0v) is 8.03. The average molecular weight is 192 g/mol. The van der Waals surface area contributed by atoms with Crippen molar-refractivity contribution in [2.24, 2.45) is 0 Å². The maximum Gasteiger partial charge on any atom is 0.347 e. The van der Waals surface area contributed by atoms with Gasteiger partial charge in [-0.15, -0.1) is 0 Å². The number of benzene rings is 1. The Morgan fingerprint density at radius 2 is 2.36 bits per heavy atom. The predicted octanol–water partition coefficient (Wildman–Crippen LogP) is 1.55. The van der Waals surface area contributed by atoms with Crippen LogP contribution in [0.1, 0.15) is 12.5 Å². The van der Waals surface area contributed by atoms with Gasteiger partial charge in [0, 0.05) is 6.42 Å². The van der Waals surface area contributed by atoms with E-state index in [9.17, 15) is 4.79 Å². The molecule has 1 aliphatic rings. The summed E-state index contributed by atoms with van der Waals surface area (Å²) in [4.78, 5) is 11.4. The van der Waals surface area contributed by atoms with E-state index in [0.29, 0.717) is 13.0 Å². The Morgan fingerprint density at radius 3 is 3.07 bits per heavy atom. The van der Waals surface area contributed by atoms with Crippen molar-refractivity contribution in [1.82, 2.24) is 0 Å². The molecule has 0 saturated carbocycles. The van der Waals surface area contributed by atoms with Crippen LogP contribution in [0.4, 0.5) is 0 Å². The molecule has 0 N–H and O–H groups in total. The van der Waals surface area contributed by atoms with Gasteiger partial charge >= 0.3 is 5.97 Å². The monoisotopic (exact) mass is 192 g/mol. The molecule has 0 saturated heterocycles. The topological polar surface area (TPSA) is 35.5 Å². The van der Waals surface area contributed by atoms with Gasteiger partial charge in [-0.05, 0) is 18.6 Å². The van der Waals surface area contributed by atoms with Gasteiger partial charge in [0.15, 0.2) is 6.10 Å². The third-order valence-electron chi connectivity index (χ3n) is 2.20. The largest absolute Gasteiger partial charge is 0.478 e. The molecule has 0 amide bonds. The third-order valence-corrected chi connectivity index (χ3v) is 2.20. The SMILES string of the molecule is CCOC(=O)[C@@H]1Cc2ccccc2O1. The van der Waals surface area contributed by atoms with E-state index in [1.165, 1.54) is 0 Å². The summed E-state index contributed by atoms with van der Waals surface area (Å²) in [6.07, 6.45) is 0.169. The van der Waals surface area contributed by atoms with Crippen LogP contribution in [-0.2, 0) is 16.0 Å². The molecular formula is C11H12O3. The summed E-state index contributed by atoms with van der Waals surface area (Å²) in [5.41, 5.74) is 1.07. The molecular weight excluding hydrogens is 180 g/mol. The molecule has 0 fully saturated rings. The van der Waals surface area contributed by atoms with Gasteiger partial charge in [-0.2, -0.15) is 0 Å². The highest BCUT2D eigenvalue weighted by atomic mass is 16.6. The molecule has 0 aliphatic carbocycles. The number of carbonyl (C=O) groups excluding carboxylic acids is 1. The van der Waals surface area contributed by atoms with Crippen molar-refractivity contribution >= 4 is 5.97 Å². The minimum Gasteiger partial charge on any atom is -0.478 e. The van der Waals surface area contributed by atoms with Gasteiger partial charge in [0.1, 0.15) is 5.75 Å². The average Bonchev–Trinajstić information content (AvgIpc) is 2.61. The number of carbonyl (C=O) groups is 1. The zero-order valence-electron chi connectivity index (χ0n) is 8.03. The second-order valence-corrected chi connectivity index (χ2v) is 3.17. The van der Waals surface area contributed by atoms with Gasteiger partial charge in [0.25, 0.3) is 0 Å². The van der Waals surface area contributed by atoms with Crippen LogP contribution >= 0.6 is 0 Å². The van der Waals surface area contributed by atoms with Gasteiger partial charge < -0.3 is 9.47 Å². The van der Waals surface area contributed by atoms with Crippen molar-refractivity contribution in [1.29, 1.82) is 0 Å². The number of ether oxygens (including phenoxy) is 2. The second kappa shape index (κ2) is 3.70. The Kier molecular flexibility index (Phi) is 2.39. The van der Waals surface area contributed by atoms with Crippen LogP contribution in [0.2, 0.25) is 0 Å². The van der Waals surface area contributed by atoms with Crippen molar-refractivity contribution in [2.45, 2.75) is 19.4 Å². The lowest BCUT2D eigenvalue weighted by molar-refractivity contribution is -0.150. The maximum atomic E-state index is 11.4. The van der Waals surface area contributed by atoms with Gasteiger partial charge in [0.2, 0.25) is 0 Å². The number of para-hydroxylation sites is 1. The number of esters is 1. The fraction of sp³-hybridized carbons (Fsp3) is 0.364. The lowest BCUT2D eigenvalue weighted by Gasteiger charge is -2.08. The van der Waals surface area contributed by atoms with E-state index in [1.54, 1.807) is 6.92 Å². The van der Waals surface area contributed by atoms with Crippen LogP contribution in [-0.4, -0.2) is 18.7 Å². The van der Waals surface area contributed by atoms with Gasteiger partial charge in [-0.3, -0.25) is 0 Å². The normalized spacial score (nSPS) is 18.5. The van der Waals surface area contributed by atoms with E-state index in [0.717, 1.165) is 11.3 Å². The summed E-state index contributed by atoms with van der Waals surface area (Å²) >= 11 is 0. The van der Waals surface area contributed by atoms with E-state index in [-0.39, 0.29) is 5.97 Å². The molecule has 1 aromatic rings. The second-order valence-electron chi connectivity index (χ2n) is 3.17. The van der Waals surface area contributed by atoms with Crippen LogP contribution in [0.25, 0.3) is 0 Å². The van der Waals surface area contributed by atoms with Crippen molar-refractivity contribution in [3.8, 4) is 5.75 Å². The summed E-state index contributed by atoms with van der Waals surface area (Å²) < 4.78 is 10.3. The molecule has 2 rings (SSSR count). The molecule has 74 valence electrons. The first-order valence-electron chi connectivity index (χ1n) is 4.72. The summed E-state index contributed by atoms with van der Waals surface area (Å²) in [6.45, 7) is 2.19. The smallest absolute Gasteiger partial charge is 0.347 e. The molecule has 0 aromatic heterocycles. The predicted molar refractivity (Wildman–Crippen MR) is 51.2 cm³/mol. The molecule has 0 bridgehead atoms. The highest BCUT2D eigenvalue weighted by Gasteiger charge is 2.29. The van der Waals surface area contributed by atoms with Crippen molar-refractivity contribution in [2.75, 3.05) is 6.61 Å². The molecule has 1 aliphatic heterocycles. The molecule has 0 spiro atoms. The summed E-state index contributed by atoms with van der Waals surface area (Å²) in [5.74, 6) is 0.522. The van der Waals surface area contributed by atoms with E-state index in [1.807, 2.05) is 24.3 Å². The summed E-state index contributed by atoms with van der Waals surface area (Å²) in [5, 5.41) is 0. The minimum absolute atomic E-state index is 0.274. The standard InChI is InChI=1S/C11H12O3/c1-2-13-11(12)10-7-8-5-3-4-6-9(8)14-10/h3-6,10H,2,7H2,1H3/t10-/m0/s1. The van der Waals surface area contributed by atoms with Crippen LogP contribution in [0, 0.1) is 0 Å². The fourth-order valence-electron chi connectivity index (χ4n) is 1.55. The van der Waals surface area contributed by atoms with Crippen LogP contribution in [0.3, 0.4) is 0 Å². The fourth-order valence-corrected chi connectivity index (χ4v) is 1.55. The number of hydrogen-bond acceptors (Lipinski definition) is 3. The van der Waals surface area contributed by atoms with Crippen molar-refractivity contribution < 1.29 is 14.3 Å². The Balaban J connectivity index is 2.08. The first-order valence-corrected chi connectivity index (χ1v) is 4.72. The maximum absolute atomic E-state index is 11.4. The van der Waals surface area contributed by atoms with Crippen LogP contribution in [0.15, 0.2) is 24.3 Å². The molecule has 1 aromatic carbocycles. The van der Waals surface area contributed by atoms with E-state index in [4.69, 9.17) is 9.47 Å². The van der Waals surface area contributed by atoms with Crippen LogP contribution in [0.5, 0.6) is 5.75 Å². The van der Waals surface area contributed by atoms with E-state index in [2.05, 4.69) is 0 Å². The molecule has 1 atom stereocenters. The number of rotatable bonds is 2. The quantitative estimate of drug-likeness (QED) is 0.667. The number of fused-ring (bicyclic) bond motifs is 1. The number of hydrogen-bond donors (Lipinski definition) is 0. The van der Waals surface area contributed by atoms with Crippen molar-refractivity contribution in [3.63, 3.8) is 0 Å². The molecule has 3 heteroatoms. The summed E-state index contributed by atoms with van der Waals surface area (Å²) in [6, 6.07) is 7.67. The van der Waals surface area contributed by atoms with Gasteiger partial charge in [0.05, 0.1) is 6.61 Å². The van der Waals surface area contributed by atoms with Gasteiger partial charge in [-0.1, -0.05) is 18.2 Å². The molecule has 0 unspecified atom stereocenters. The van der Waals surface area contributed by atoms with Crippen LogP contribution < -0.4 is 4.74 Å². The first kappa shape index (κ1) is 9.06. The zero-order chi connectivity index (χ0) is 9.97. The lowest BCUT2D eigenvalue weighted by Crippen LogP contribution is -2.27. The highest BCUT2D eigenvalue weighted by Crippen LogP contribution is 2.28. The van der Waals surface area contributed by atoms with E-state index >= 15 is 0 Å². The first-order chi connectivity index (χ1) is 6.81. The van der Waals surface area contributed by atoms with Gasteiger partial charge in [-0.25, -0.2) is 4.79 Å². The molecule has 1 heterocycles. The molecule has 0 radical (unpaired) electrons. The minimum atomic E-state index is -0.452.